The van der Waals surface area contributed by atoms with E-state index in [2.05, 4.69) is 28.3 Å². The zero-order valence-corrected chi connectivity index (χ0v) is 26.1. The number of benzene rings is 2. The van der Waals surface area contributed by atoms with Crippen LogP contribution in [-0.2, 0) is 18.3 Å². The molecule has 0 aliphatic carbocycles. The highest BCUT2D eigenvalue weighted by atomic mass is 35.5. The smallest absolute Gasteiger partial charge is 0.268 e. The van der Waals surface area contributed by atoms with Gasteiger partial charge >= 0.3 is 0 Å². The minimum atomic E-state index is -0.0666. The van der Waals surface area contributed by atoms with Crippen molar-refractivity contribution in [3.63, 3.8) is 0 Å². The Labute approximate surface area is 251 Å². The van der Waals surface area contributed by atoms with Crippen molar-refractivity contribution in [1.29, 1.82) is 0 Å². The van der Waals surface area contributed by atoms with Crippen molar-refractivity contribution >= 4 is 22.9 Å². The van der Waals surface area contributed by atoms with Gasteiger partial charge in [0.15, 0.2) is 6.20 Å². The van der Waals surface area contributed by atoms with Crippen LogP contribution in [0.4, 0.5) is 5.69 Å². The fourth-order valence-corrected chi connectivity index (χ4v) is 5.65. The second-order valence-corrected chi connectivity index (χ2v) is 11.2. The maximum absolute atomic E-state index is 12.9. The number of halogens is 1. The molecule has 1 heterocycles. The van der Waals surface area contributed by atoms with E-state index in [0.29, 0.717) is 6.61 Å². The van der Waals surface area contributed by atoms with E-state index in [-0.39, 0.29) is 24.7 Å². The second-order valence-electron chi connectivity index (χ2n) is 10.3. The van der Waals surface area contributed by atoms with Crippen LogP contribution in [0.25, 0.3) is 10.6 Å². The fourth-order valence-electron chi connectivity index (χ4n) is 4.78. The molecular formula is C33H47ClN2O3S. The summed E-state index contributed by atoms with van der Waals surface area (Å²) in [5.74, 6) is 1.40. The van der Waals surface area contributed by atoms with E-state index < -0.39 is 0 Å². The molecule has 220 valence electrons. The Kier molecular flexibility index (Phi) is 16.4. The molecule has 2 aromatic carbocycles. The molecule has 0 atom stereocenters. The third kappa shape index (κ3) is 11.9. The molecule has 1 N–H and O–H groups in total. The van der Waals surface area contributed by atoms with Crippen LogP contribution < -0.4 is 31.8 Å². The number of nitrogens with one attached hydrogen (secondary N) is 1. The SMILES string of the molecule is CCCCCCCCCCCCCCOc1cc(OC)ccc1CC(=O)Nc1cccc(-c2scc[n+]2C)c1.[Cl-]. The van der Waals surface area contributed by atoms with Gasteiger partial charge in [0.2, 0.25) is 5.91 Å². The number of carbonyl (C=O) groups excluding carboxylic acids is 1. The summed E-state index contributed by atoms with van der Waals surface area (Å²) in [7, 11) is 3.68. The Morgan fingerprint density at radius 3 is 2.20 bits per heavy atom. The molecule has 0 aliphatic heterocycles. The topological polar surface area (TPSA) is 51.4 Å². The highest BCUT2D eigenvalue weighted by molar-refractivity contribution is 7.12. The number of amides is 1. The lowest BCUT2D eigenvalue weighted by Gasteiger charge is -2.13. The van der Waals surface area contributed by atoms with Gasteiger partial charge in [0, 0.05) is 17.3 Å². The van der Waals surface area contributed by atoms with Crippen molar-refractivity contribution in [1.82, 2.24) is 0 Å². The van der Waals surface area contributed by atoms with Crippen LogP contribution in [0.3, 0.4) is 0 Å². The number of methoxy groups -OCH3 is 1. The molecule has 0 radical (unpaired) electrons. The molecule has 0 saturated carbocycles. The minimum absolute atomic E-state index is 0. The van der Waals surface area contributed by atoms with E-state index in [1.165, 1.54) is 70.6 Å². The molecule has 0 spiro atoms. The van der Waals surface area contributed by atoms with Crippen LogP contribution in [0.1, 0.15) is 89.5 Å². The van der Waals surface area contributed by atoms with Crippen molar-refractivity contribution in [3.8, 4) is 22.1 Å². The lowest BCUT2D eigenvalue weighted by Crippen LogP contribution is -3.00. The summed E-state index contributed by atoms with van der Waals surface area (Å²) in [6, 6.07) is 13.7. The van der Waals surface area contributed by atoms with E-state index >= 15 is 0 Å². The Balaban J connectivity index is 0.00000560. The summed E-state index contributed by atoms with van der Waals surface area (Å²) in [5.41, 5.74) is 2.74. The first kappa shape index (κ1) is 33.6. The molecule has 5 nitrogen and oxygen atoms in total. The summed E-state index contributed by atoms with van der Waals surface area (Å²) in [5, 5.41) is 6.26. The van der Waals surface area contributed by atoms with Gasteiger partial charge in [-0.3, -0.25) is 4.79 Å². The summed E-state index contributed by atoms with van der Waals surface area (Å²) in [4.78, 5) is 12.9. The maximum atomic E-state index is 12.9. The Hall–Kier alpha value is -2.57. The van der Waals surface area contributed by atoms with E-state index in [9.17, 15) is 4.79 Å². The Bertz CT molecular complexity index is 1130. The van der Waals surface area contributed by atoms with Crippen LogP contribution in [-0.4, -0.2) is 19.6 Å². The van der Waals surface area contributed by atoms with Gasteiger partial charge in [-0.15, -0.1) is 0 Å². The summed E-state index contributed by atoms with van der Waals surface area (Å²) in [6.07, 6.45) is 18.1. The lowest BCUT2D eigenvalue weighted by atomic mass is 10.1. The van der Waals surface area contributed by atoms with E-state index in [0.717, 1.165) is 39.7 Å². The van der Waals surface area contributed by atoms with Crippen molar-refractivity contribution in [2.24, 2.45) is 7.05 Å². The number of nitrogens with zero attached hydrogens (tertiary/aromatic N) is 1. The largest absolute Gasteiger partial charge is 1.00 e. The van der Waals surface area contributed by atoms with Crippen molar-refractivity contribution < 1.29 is 31.2 Å². The predicted molar refractivity (Wildman–Crippen MR) is 163 cm³/mol. The van der Waals surface area contributed by atoms with Gasteiger partial charge in [0.25, 0.3) is 5.01 Å². The molecule has 3 rings (SSSR count). The number of hydrogen-bond acceptors (Lipinski definition) is 4. The van der Waals surface area contributed by atoms with Crippen molar-refractivity contribution in [2.75, 3.05) is 19.0 Å². The first-order valence-corrected chi connectivity index (χ1v) is 15.6. The third-order valence-electron chi connectivity index (χ3n) is 7.06. The van der Waals surface area contributed by atoms with Gasteiger partial charge in [-0.05, 0) is 30.7 Å². The van der Waals surface area contributed by atoms with Crippen LogP contribution in [0.2, 0.25) is 0 Å². The number of anilines is 1. The second kappa shape index (κ2) is 19.5. The highest BCUT2D eigenvalue weighted by Gasteiger charge is 2.14. The number of aryl methyl sites for hydroxylation is 1. The zero-order valence-electron chi connectivity index (χ0n) is 24.6. The molecule has 0 fully saturated rings. The Morgan fingerprint density at radius 2 is 1.57 bits per heavy atom. The first-order valence-electron chi connectivity index (χ1n) is 14.7. The number of rotatable bonds is 19. The molecular weight excluding hydrogens is 540 g/mol. The lowest BCUT2D eigenvalue weighted by molar-refractivity contribution is -0.655. The molecule has 3 aromatic rings. The molecule has 0 saturated heterocycles. The number of aromatic nitrogens is 1. The van der Waals surface area contributed by atoms with Gasteiger partial charge in [0.05, 0.1) is 31.1 Å². The monoisotopic (exact) mass is 586 g/mol. The average molecular weight is 587 g/mol. The average Bonchev–Trinajstić information content (AvgIpc) is 3.38. The molecule has 1 aromatic heterocycles. The number of unbranched alkanes of at least 4 members (excludes halogenated alkanes) is 11. The first-order chi connectivity index (χ1) is 19.1. The third-order valence-corrected chi connectivity index (χ3v) is 8.06. The van der Waals surface area contributed by atoms with Crippen LogP contribution in [0.5, 0.6) is 11.5 Å². The van der Waals surface area contributed by atoms with E-state index in [4.69, 9.17) is 9.47 Å². The summed E-state index contributed by atoms with van der Waals surface area (Å²) in [6.45, 7) is 2.92. The number of ether oxygens (including phenoxy) is 2. The maximum Gasteiger partial charge on any atom is 0.268 e. The van der Waals surface area contributed by atoms with Gasteiger partial charge in [-0.1, -0.05) is 101 Å². The van der Waals surface area contributed by atoms with E-state index in [1.807, 2.05) is 49.6 Å². The molecule has 0 aliphatic rings. The molecule has 7 heteroatoms. The van der Waals surface area contributed by atoms with Crippen LogP contribution in [0.15, 0.2) is 54.0 Å². The standard InChI is InChI=1S/C33H46N2O3S.ClH/c1-4-5-6-7-8-9-10-11-12-13-14-15-22-38-31-26-30(37-3)20-19-27(31)25-32(36)34-29-18-16-17-28(24-29)33-35(2)21-23-39-33;/h16-21,23-24,26H,4-15,22,25H2,1-3H3;1H. The van der Waals surface area contributed by atoms with Crippen LogP contribution >= 0.6 is 11.3 Å². The summed E-state index contributed by atoms with van der Waals surface area (Å²) >= 11 is 1.68. The predicted octanol–water partition coefficient (Wildman–Crippen LogP) is 5.51. The number of hydrogen-bond donors (Lipinski definition) is 1. The van der Waals surface area contributed by atoms with Gasteiger partial charge in [-0.2, -0.15) is 4.57 Å². The molecule has 40 heavy (non-hydrogen) atoms. The highest BCUT2D eigenvalue weighted by Crippen LogP contribution is 2.27. The van der Waals surface area contributed by atoms with Crippen molar-refractivity contribution in [2.45, 2.75) is 90.4 Å². The minimum Gasteiger partial charge on any atom is -1.00 e. The van der Waals surface area contributed by atoms with Crippen LogP contribution in [0, 0.1) is 0 Å². The van der Waals surface area contributed by atoms with Gasteiger partial charge < -0.3 is 27.2 Å². The van der Waals surface area contributed by atoms with E-state index in [1.54, 1.807) is 18.4 Å². The number of thiazole rings is 1. The Morgan fingerprint density at radius 1 is 0.900 bits per heavy atom. The summed E-state index contributed by atoms with van der Waals surface area (Å²) < 4.78 is 13.6. The fraction of sp³-hybridized carbons (Fsp3) is 0.515. The number of carbonyl (C=O) groups is 1. The molecule has 0 unspecified atom stereocenters. The van der Waals surface area contributed by atoms with Gasteiger partial charge in [0.1, 0.15) is 18.5 Å². The normalized spacial score (nSPS) is 10.7. The molecule has 1 amide bonds. The molecule has 0 bridgehead atoms. The van der Waals surface area contributed by atoms with Gasteiger partial charge in [-0.25, -0.2) is 0 Å². The quantitative estimate of drug-likeness (QED) is 0.149. The van der Waals surface area contributed by atoms with Crippen molar-refractivity contribution in [3.05, 3.63) is 59.6 Å². The zero-order chi connectivity index (χ0) is 27.7.